The van der Waals surface area contributed by atoms with Crippen LogP contribution in [0.5, 0.6) is 5.75 Å². The fourth-order valence-electron chi connectivity index (χ4n) is 3.57. The Balaban J connectivity index is 1.95. The summed E-state index contributed by atoms with van der Waals surface area (Å²) in [6.45, 7) is 3.59. The van der Waals surface area contributed by atoms with Crippen molar-refractivity contribution in [1.82, 2.24) is 4.90 Å². The lowest BCUT2D eigenvalue weighted by Crippen LogP contribution is -2.36. The average molecular weight is 402 g/mol. The van der Waals surface area contributed by atoms with E-state index >= 15 is 0 Å². The minimum Gasteiger partial charge on any atom is -0.507 e. The van der Waals surface area contributed by atoms with Crippen molar-refractivity contribution in [2.75, 3.05) is 13.1 Å². The first-order chi connectivity index (χ1) is 12.1. The van der Waals surface area contributed by atoms with Crippen molar-refractivity contribution in [2.24, 2.45) is 0 Å². The highest BCUT2D eigenvalue weighted by Gasteiger charge is 2.25. The summed E-state index contributed by atoms with van der Waals surface area (Å²) < 4.78 is 0.921. The van der Waals surface area contributed by atoms with Gasteiger partial charge in [0.25, 0.3) is 0 Å². The smallest absolute Gasteiger partial charge is 0.223 e. The molecule has 25 heavy (non-hydrogen) atoms. The Hall–Kier alpha value is -1.81. The molecule has 1 fully saturated rings. The number of aryl methyl sites for hydroxylation is 1. The molecule has 2 aromatic carbocycles. The van der Waals surface area contributed by atoms with Gasteiger partial charge in [0.1, 0.15) is 5.75 Å². The molecule has 0 aliphatic carbocycles. The summed E-state index contributed by atoms with van der Waals surface area (Å²) in [6.07, 6.45) is 3.76. The van der Waals surface area contributed by atoms with Crippen LogP contribution in [0.15, 0.2) is 46.9 Å². The molecule has 1 atom stereocenters. The number of piperidine rings is 1. The van der Waals surface area contributed by atoms with E-state index in [0.29, 0.717) is 6.42 Å². The Morgan fingerprint density at radius 1 is 1.16 bits per heavy atom. The predicted molar refractivity (Wildman–Crippen MR) is 104 cm³/mol. The number of carbonyl (C=O) groups excluding carboxylic acids is 1. The monoisotopic (exact) mass is 401 g/mol. The Bertz CT molecular complexity index is 739. The summed E-state index contributed by atoms with van der Waals surface area (Å²) >= 11 is 3.52. The number of rotatable bonds is 4. The van der Waals surface area contributed by atoms with E-state index in [-0.39, 0.29) is 17.6 Å². The second-order valence-electron chi connectivity index (χ2n) is 6.77. The van der Waals surface area contributed by atoms with E-state index in [1.165, 1.54) is 6.42 Å². The zero-order valence-corrected chi connectivity index (χ0v) is 16.1. The molecule has 1 heterocycles. The zero-order chi connectivity index (χ0) is 17.8. The van der Waals surface area contributed by atoms with Crippen LogP contribution in [0.3, 0.4) is 0 Å². The highest BCUT2D eigenvalue weighted by Crippen LogP contribution is 2.38. The summed E-state index contributed by atoms with van der Waals surface area (Å²) in [7, 11) is 0. The van der Waals surface area contributed by atoms with Gasteiger partial charge in [0.05, 0.1) is 0 Å². The van der Waals surface area contributed by atoms with Gasteiger partial charge in [-0.15, -0.1) is 0 Å². The van der Waals surface area contributed by atoms with Crippen molar-refractivity contribution >= 4 is 21.8 Å². The molecule has 4 heteroatoms. The molecule has 3 nitrogen and oxygen atoms in total. The molecule has 1 saturated heterocycles. The fourth-order valence-corrected chi connectivity index (χ4v) is 4.16. The number of hydrogen-bond donors (Lipinski definition) is 1. The number of halogens is 1. The van der Waals surface area contributed by atoms with Crippen LogP contribution in [0.2, 0.25) is 0 Å². The summed E-state index contributed by atoms with van der Waals surface area (Å²) in [4.78, 5) is 14.8. The molecule has 2 aromatic rings. The van der Waals surface area contributed by atoms with Crippen molar-refractivity contribution in [3.63, 3.8) is 0 Å². The van der Waals surface area contributed by atoms with E-state index in [9.17, 15) is 9.90 Å². The molecule has 1 aliphatic rings. The number of likely N-dealkylation sites (tertiary alicyclic amines) is 1. The van der Waals surface area contributed by atoms with Crippen LogP contribution in [0.25, 0.3) is 0 Å². The van der Waals surface area contributed by atoms with Crippen LogP contribution >= 0.6 is 15.9 Å². The second-order valence-corrected chi connectivity index (χ2v) is 7.69. The van der Waals surface area contributed by atoms with Crippen molar-refractivity contribution in [3.05, 3.63) is 63.6 Å². The first kappa shape index (κ1) is 18.0. The molecule has 0 saturated carbocycles. The maximum Gasteiger partial charge on any atom is 0.223 e. The molecule has 132 valence electrons. The topological polar surface area (TPSA) is 40.5 Å². The maximum atomic E-state index is 12.9. The van der Waals surface area contributed by atoms with Crippen molar-refractivity contribution in [1.29, 1.82) is 0 Å². The highest BCUT2D eigenvalue weighted by atomic mass is 79.9. The second kappa shape index (κ2) is 8.05. The van der Waals surface area contributed by atoms with E-state index in [0.717, 1.165) is 47.1 Å². The molecule has 1 unspecified atom stereocenters. The van der Waals surface area contributed by atoms with E-state index in [4.69, 9.17) is 0 Å². The fraction of sp³-hybridized carbons (Fsp3) is 0.381. The number of benzene rings is 2. The van der Waals surface area contributed by atoms with Gasteiger partial charge in [-0.3, -0.25) is 4.79 Å². The van der Waals surface area contributed by atoms with Gasteiger partial charge in [0, 0.05) is 35.5 Å². The summed E-state index contributed by atoms with van der Waals surface area (Å²) in [5, 5.41) is 10.6. The van der Waals surface area contributed by atoms with Crippen molar-refractivity contribution in [2.45, 2.75) is 38.5 Å². The van der Waals surface area contributed by atoms with Gasteiger partial charge >= 0.3 is 0 Å². The van der Waals surface area contributed by atoms with Crippen LogP contribution in [-0.4, -0.2) is 29.0 Å². The third kappa shape index (κ3) is 4.24. The largest absolute Gasteiger partial charge is 0.507 e. The van der Waals surface area contributed by atoms with Crippen LogP contribution < -0.4 is 0 Å². The van der Waals surface area contributed by atoms with Gasteiger partial charge in [0.2, 0.25) is 5.91 Å². The zero-order valence-electron chi connectivity index (χ0n) is 14.5. The Labute approximate surface area is 157 Å². The third-order valence-corrected chi connectivity index (χ3v) is 5.42. The van der Waals surface area contributed by atoms with Crippen LogP contribution in [0.4, 0.5) is 0 Å². The molecule has 1 N–H and O–H groups in total. The molecule has 0 aromatic heterocycles. The predicted octanol–water partition coefficient (Wildman–Crippen LogP) is 5.00. The normalized spacial score (nSPS) is 15.8. The summed E-state index contributed by atoms with van der Waals surface area (Å²) in [6, 6.07) is 13.8. The molecular formula is C21H24BrNO2. The van der Waals surface area contributed by atoms with E-state index < -0.39 is 0 Å². The van der Waals surface area contributed by atoms with Crippen molar-refractivity contribution < 1.29 is 9.90 Å². The molecule has 0 radical (unpaired) electrons. The van der Waals surface area contributed by atoms with E-state index in [1.807, 2.05) is 54.3 Å². The number of nitrogens with zero attached hydrogens (tertiary/aromatic N) is 1. The lowest BCUT2D eigenvalue weighted by atomic mass is 9.86. The van der Waals surface area contributed by atoms with Gasteiger partial charge in [-0.25, -0.2) is 0 Å². The van der Waals surface area contributed by atoms with Gasteiger partial charge < -0.3 is 10.0 Å². The van der Waals surface area contributed by atoms with E-state index in [2.05, 4.69) is 15.9 Å². The van der Waals surface area contributed by atoms with Crippen LogP contribution in [0.1, 0.15) is 48.3 Å². The lowest BCUT2D eigenvalue weighted by molar-refractivity contribution is -0.132. The first-order valence-corrected chi connectivity index (χ1v) is 9.67. The molecule has 1 amide bonds. The minimum absolute atomic E-state index is 0.146. The number of hydrogen-bond acceptors (Lipinski definition) is 2. The molecule has 3 rings (SSSR count). The number of amides is 1. The number of phenolic OH excluding ortho intramolecular Hbond substituents is 1. The number of carbonyl (C=O) groups is 1. The summed E-state index contributed by atoms with van der Waals surface area (Å²) in [5.74, 6) is 0.306. The van der Waals surface area contributed by atoms with E-state index in [1.54, 1.807) is 0 Å². The highest BCUT2D eigenvalue weighted by molar-refractivity contribution is 9.10. The maximum absolute atomic E-state index is 12.9. The Morgan fingerprint density at radius 3 is 2.52 bits per heavy atom. The standard InChI is InChI=1S/C21H24BrNO2/c1-15-12-17(22)13-19(21(15)25)18(16-8-4-2-5-9-16)14-20(24)23-10-6-3-7-11-23/h2,4-5,8-9,12-13,18,25H,3,6-7,10-11,14H2,1H3. The van der Waals surface area contributed by atoms with Crippen LogP contribution in [-0.2, 0) is 4.79 Å². The average Bonchev–Trinajstić information content (AvgIpc) is 2.64. The molecule has 1 aliphatic heterocycles. The molecule has 0 bridgehead atoms. The van der Waals surface area contributed by atoms with Gasteiger partial charge in [-0.1, -0.05) is 46.3 Å². The Morgan fingerprint density at radius 2 is 1.84 bits per heavy atom. The SMILES string of the molecule is Cc1cc(Br)cc(C(CC(=O)N2CCCCC2)c2ccccc2)c1O. The van der Waals surface area contributed by atoms with Gasteiger partial charge in [-0.05, 0) is 49.4 Å². The molecule has 0 spiro atoms. The minimum atomic E-state index is -0.146. The van der Waals surface area contributed by atoms with Crippen molar-refractivity contribution in [3.8, 4) is 5.75 Å². The Kier molecular flexibility index (Phi) is 5.79. The molecular weight excluding hydrogens is 378 g/mol. The third-order valence-electron chi connectivity index (χ3n) is 4.96. The van der Waals surface area contributed by atoms with Gasteiger partial charge in [0.15, 0.2) is 0 Å². The summed E-state index contributed by atoms with van der Waals surface area (Å²) in [5.41, 5.74) is 2.68. The quantitative estimate of drug-likeness (QED) is 0.782. The van der Waals surface area contributed by atoms with Gasteiger partial charge in [-0.2, -0.15) is 0 Å². The lowest BCUT2D eigenvalue weighted by Gasteiger charge is -2.29. The number of phenols is 1. The first-order valence-electron chi connectivity index (χ1n) is 8.88. The van der Waals surface area contributed by atoms with Crippen LogP contribution in [0, 0.1) is 6.92 Å². The number of aromatic hydroxyl groups is 1.